The molecule has 8 atom stereocenters. The number of alkyl carbamates (subject to hydrolysis) is 1. The quantitative estimate of drug-likeness (QED) is 0.481. The highest BCUT2D eigenvalue weighted by Crippen LogP contribution is 2.56. The van der Waals surface area contributed by atoms with Crippen molar-refractivity contribution >= 4 is 29.3 Å². The van der Waals surface area contributed by atoms with Crippen LogP contribution >= 0.6 is 0 Å². The fourth-order valence-corrected chi connectivity index (χ4v) is 7.37. The van der Waals surface area contributed by atoms with Crippen molar-refractivity contribution in [2.75, 3.05) is 26.9 Å². The van der Waals surface area contributed by atoms with Crippen LogP contribution in [0.5, 0.6) is 11.6 Å². The standard InChI is InChI=1S/C33H42F2N4O7/c1-6-19-24(15-40)39-14-26(19)45-29-27(36-22-8-7-18(43-5)13-23(22)37-29)33(34,35)9-10-44-16-21-20-11-17(20)12-25(21)46-31(42)38-28(30(39)41)32(2,3)4/h7-8,13,15,17,19-21,24-26,28H,6,9-12,14,16H2,1-5H3,(H,38,42)/t17?,19-,20?,21+,24+,25+,26-,28+/m0/s1. The number of amides is 2. The number of ether oxygens (including phenoxy) is 4. The number of aromatic nitrogens is 2. The van der Waals surface area contributed by atoms with Gasteiger partial charge in [0.15, 0.2) is 5.69 Å². The normalized spacial score (nSPS) is 33.0. The van der Waals surface area contributed by atoms with Gasteiger partial charge in [0.1, 0.15) is 30.3 Å². The summed E-state index contributed by atoms with van der Waals surface area (Å²) in [5.41, 5.74) is -0.855. The molecule has 1 aromatic heterocycles. The second kappa shape index (κ2) is 12.2. The number of benzene rings is 1. The van der Waals surface area contributed by atoms with Gasteiger partial charge in [0.2, 0.25) is 11.8 Å². The van der Waals surface area contributed by atoms with Gasteiger partial charge in [-0.1, -0.05) is 27.7 Å². The molecular formula is C33H42F2N4O7. The highest BCUT2D eigenvalue weighted by atomic mass is 19.3. The Morgan fingerprint density at radius 3 is 2.59 bits per heavy atom. The number of hydrogen-bond donors (Lipinski definition) is 1. The summed E-state index contributed by atoms with van der Waals surface area (Å²) in [5.74, 6) is -3.84. The van der Waals surface area contributed by atoms with Gasteiger partial charge >= 0.3 is 6.09 Å². The van der Waals surface area contributed by atoms with E-state index in [0.717, 1.165) is 6.42 Å². The smallest absolute Gasteiger partial charge is 0.408 e. The Kier molecular flexibility index (Phi) is 8.58. The fourth-order valence-electron chi connectivity index (χ4n) is 7.37. The average Bonchev–Trinajstić information content (AvgIpc) is 3.55. The van der Waals surface area contributed by atoms with Crippen molar-refractivity contribution in [1.82, 2.24) is 20.2 Å². The molecule has 2 unspecified atom stereocenters. The minimum absolute atomic E-state index is 0.0793. The second-order valence-electron chi connectivity index (χ2n) is 14.1. The maximum absolute atomic E-state index is 16.0. The van der Waals surface area contributed by atoms with Crippen molar-refractivity contribution in [2.24, 2.45) is 29.1 Å². The van der Waals surface area contributed by atoms with E-state index in [1.54, 1.807) is 18.2 Å². The molecule has 2 bridgehead atoms. The van der Waals surface area contributed by atoms with Gasteiger partial charge in [-0.15, -0.1) is 0 Å². The molecule has 11 nitrogen and oxygen atoms in total. The summed E-state index contributed by atoms with van der Waals surface area (Å²) in [5, 5.41) is 2.79. The number of alkyl halides is 2. The van der Waals surface area contributed by atoms with Crippen LogP contribution in [-0.4, -0.2) is 84.3 Å². The Balaban J connectivity index is 1.41. The van der Waals surface area contributed by atoms with Crippen LogP contribution in [-0.2, 0) is 25.0 Å². The highest BCUT2D eigenvalue weighted by molar-refractivity contribution is 5.89. The van der Waals surface area contributed by atoms with Crippen LogP contribution in [0.25, 0.3) is 11.0 Å². The molecule has 1 saturated heterocycles. The monoisotopic (exact) mass is 644 g/mol. The van der Waals surface area contributed by atoms with E-state index in [1.807, 2.05) is 27.7 Å². The first-order chi connectivity index (χ1) is 21.8. The van der Waals surface area contributed by atoms with E-state index < -0.39 is 65.7 Å². The van der Waals surface area contributed by atoms with E-state index in [4.69, 9.17) is 18.9 Å². The molecule has 0 spiro atoms. The summed E-state index contributed by atoms with van der Waals surface area (Å²) in [6, 6.07) is 2.81. The Bertz CT molecular complexity index is 1500. The molecule has 3 heterocycles. The van der Waals surface area contributed by atoms with Crippen LogP contribution in [0.4, 0.5) is 13.6 Å². The topological polar surface area (TPSA) is 129 Å². The van der Waals surface area contributed by atoms with Gasteiger partial charge in [-0.25, -0.2) is 14.8 Å². The fraction of sp³-hybridized carbons (Fsp3) is 0.667. The second-order valence-corrected chi connectivity index (χ2v) is 14.1. The zero-order chi connectivity index (χ0) is 33.0. The Hall–Kier alpha value is -3.61. The number of aldehydes is 1. The van der Waals surface area contributed by atoms with E-state index >= 15 is 8.78 Å². The van der Waals surface area contributed by atoms with Crippen molar-refractivity contribution in [3.05, 3.63) is 23.9 Å². The minimum Gasteiger partial charge on any atom is -0.497 e. The maximum atomic E-state index is 16.0. The first kappa shape index (κ1) is 32.3. The first-order valence-electron chi connectivity index (χ1n) is 16.1. The summed E-state index contributed by atoms with van der Waals surface area (Å²) < 4.78 is 55.3. The number of rotatable bonds is 3. The lowest BCUT2D eigenvalue weighted by Crippen LogP contribution is -2.56. The van der Waals surface area contributed by atoms with Crippen LogP contribution in [0.1, 0.15) is 59.1 Å². The predicted octanol–water partition coefficient (Wildman–Crippen LogP) is 4.50. The van der Waals surface area contributed by atoms with Crippen LogP contribution in [0.3, 0.4) is 0 Å². The molecule has 13 heteroatoms. The molecule has 2 aliphatic carbocycles. The van der Waals surface area contributed by atoms with Gasteiger partial charge in [0.25, 0.3) is 5.92 Å². The van der Waals surface area contributed by atoms with Gasteiger partial charge < -0.3 is 34.0 Å². The molecule has 4 aliphatic rings. The number of carbonyl (C=O) groups is 3. The number of nitrogens with zero attached hydrogens (tertiary/aromatic N) is 3. The molecule has 250 valence electrons. The van der Waals surface area contributed by atoms with Crippen molar-refractivity contribution < 1.29 is 42.1 Å². The van der Waals surface area contributed by atoms with E-state index in [2.05, 4.69) is 15.3 Å². The number of fused-ring (bicyclic) bond motifs is 7. The third-order valence-corrected chi connectivity index (χ3v) is 10.0. The number of methoxy groups -OCH3 is 1. The zero-order valence-corrected chi connectivity index (χ0v) is 26.8. The van der Waals surface area contributed by atoms with Gasteiger partial charge in [-0.2, -0.15) is 8.78 Å². The molecule has 2 aliphatic heterocycles. The van der Waals surface area contributed by atoms with Crippen LogP contribution in [0.15, 0.2) is 18.2 Å². The number of carbonyl (C=O) groups excluding carboxylic acids is 3. The molecule has 1 N–H and O–H groups in total. The third kappa shape index (κ3) is 6.10. The van der Waals surface area contributed by atoms with Crippen molar-refractivity contribution in [3.8, 4) is 11.6 Å². The highest BCUT2D eigenvalue weighted by Gasteiger charge is 2.55. The largest absolute Gasteiger partial charge is 0.497 e. The van der Waals surface area contributed by atoms with Gasteiger partial charge in [0, 0.05) is 24.3 Å². The molecule has 1 aromatic carbocycles. The van der Waals surface area contributed by atoms with Crippen LogP contribution in [0, 0.1) is 29.1 Å². The van der Waals surface area contributed by atoms with Crippen LogP contribution in [0.2, 0.25) is 0 Å². The first-order valence-corrected chi connectivity index (χ1v) is 16.1. The zero-order valence-electron chi connectivity index (χ0n) is 26.8. The Labute approximate surface area is 266 Å². The van der Waals surface area contributed by atoms with Crippen molar-refractivity contribution in [1.29, 1.82) is 0 Å². The third-order valence-electron chi connectivity index (χ3n) is 10.0. The van der Waals surface area contributed by atoms with Gasteiger partial charge in [0.05, 0.1) is 43.9 Å². The van der Waals surface area contributed by atoms with E-state index in [0.29, 0.717) is 42.2 Å². The Morgan fingerprint density at radius 1 is 1.11 bits per heavy atom. The van der Waals surface area contributed by atoms with Gasteiger partial charge in [-0.05, 0) is 48.6 Å². The Morgan fingerprint density at radius 2 is 1.89 bits per heavy atom. The summed E-state index contributed by atoms with van der Waals surface area (Å²) in [7, 11) is 1.49. The SMILES string of the molecule is CC[C@@H]1[C@@H]2CN(C(=O)[C@H](C(C)(C)C)NC(=O)O[C@@H]3CC4CC4[C@H]3COCCC(F)(F)c3nc4ccc(OC)cc4nc3O2)[C@@H]1C=O. The van der Waals surface area contributed by atoms with Crippen molar-refractivity contribution in [3.63, 3.8) is 0 Å². The minimum atomic E-state index is -3.48. The lowest BCUT2D eigenvalue weighted by molar-refractivity contribution is -0.139. The molecular weight excluding hydrogens is 602 g/mol. The molecule has 2 saturated carbocycles. The predicted molar refractivity (Wildman–Crippen MR) is 162 cm³/mol. The lowest BCUT2D eigenvalue weighted by atomic mass is 9.85. The number of hydrogen-bond acceptors (Lipinski definition) is 9. The molecule has 2 aromatic rings. The van der Waals surface area contributed by atoms with E-state index in [9.17, 15) is 14.4 Å². The summed E-state index contributed by atoms with van der Waals surface area (Å²) in [4.78, 5) is 50.1. The number of nitrogens with one attached hydrogen (secondary N) is 1. The maximum Gasteiger partial charge on any atom is 0.408 e. The molecule has 2 amide bonds. The summed E-state index contributed by atoms with van der Waals surface area (Å²) in [6.07, 6.45) is 0.00882. The number of halogens is 2. The average molecular weight is 645 g/mol. The summed E-state index contributed by atoms with van der Waals surface area (Å²) >= 11 is 0. The molecule has 6 rings (SSSR count). The molecule has 3 fully saturated rings. The van der Waals surface area contributed by atoms with E-state index in [1.165, 1.54) is 12.0 Å². The molecule has 0 radical (unpaired) electrons. The molecule has 46 heavy (non-hydrogen) atoms. The van der Waals surface area contributed by atoms with Crippen LogP contribution < -0.4 is 14.8 Å². The lowest BCUT2D eigenvalue weighted by Gasteiger charge is -2.35. The van der Waals surface area contributed by atoms with Crippen molar-refractivity contribution in [2.45, 2.75) is 83.6 Å². The summed E-state index contributed by atoms with van der Waals surface area (Å²) in [6.45, 7) is 7.10. The van der Waals surface area contributed by atoms with E-state index in [-0.39, 0.29) is 37.1 Å². The van der Waals surface area contributed by atoms with Gasteiger partial charge in [-0.3, -0.25) is 4.79 Å².